The van der Waals surface area contributed by atoms with Gasteiger partial charge in [-0.2, -0.15) is 0 Å². The van der Waals surface area contributed by atoms with E-state index in [0.717, 1.165) is 5.56 Å². The van der Waals surface area contributed by atoms with Gasteiger partial charge in [0.25, 0.3) is 0 Å². The minimum absolute atomic E-state index is 0.0258. The lowest BCUT2D eigenvalue weighted by Crippen LogP contribution is -2.13. The number of esters is 1. The second kappa shape index (κ2) is 5.98. The number of carbonyl (C=O) groups is 1. The van der Waals surface area contributed by atoms with Crippen LogP contribution in [0, 0.1) is 0 Å². The summed E-state index contributed by atoms with van der Waals surface area (Å²) < 4.78 is 4.75. The summed E-state index contributed by atoms with van der Waals surface area (Å²) >= 11 is 0. The standard InChI is InChI=1S/C12H14O3/c1-10(13)9-15-12(14)8-7-11-5-3-2-4-6-11/h2-8,10,13H,9H2,1H3. The molecule has 3 heteroatoms. The Balaban J connectivity index is 2.41. The molecule has 1 rings (SSSR count). The summed E-state index contributed by atoms with van der Waals surface area (Å²) in [5, 5.41) is 8.89. The molecule has 0 bridgehead atoms. The van der Waals surface area contributed by atoms with Crippen molar-refractivity contribution in [2.24, 2.45) is 0 Å². The Morgan fingerprint density at radius 3 is 2.73 bits per heavy atom. The zero-order chi connectivity index (χ0) is 11.1. The first kappa shape index (κ1) is 11.5. The SMILES string of the molecule is CC(O)COC(=O)C=Cc1ccccc1. The molecule has 3 nitrogen and oxygen atoms in total. The van der Waals surface area contributed by atoms with E-state index in [-0.39, 0.29) is 6.61 Å². The molecular formula is C12H14O3. The van der Waals surface area contributed by atoms with Gasteiger partial charge in [-0.25, -0.2) is 4.79 Å². The average Bonchev–Trinajstić information content (AvgIpc) is 2.25. The summed E-state index contributed by atoms with van der Waals surface area (Å²) in [6.07, 6.45) is 2.39. The number of benzene rings is 1. The molecule has 0 aromatic heterocycles. The summed E-state index contributed by atoms with van der Waals surface area (Å²) in [5.41, 5.74) is 0.937. The zero-order valence-electron chi connectivity index (χ0n) is 8.59. The number of carbonyl (C=O) groups excluding carboxylic acids is 1. The summed E-state index contributed by atoms with van der Waals surface area (Å²) in [7, 11) is 0. The maximum atomic E-state index is 11.1. The topological polar surface area (TPSA) is 46.5 Å². The van der Waals surface area contributed by atoms with E-state index in [0.29, 0.717) is 0 Å². The van der Waals surface area contributed by atoms with Gasteiger partial charge in [-0.05, 0) is 18.6 Å². The summed E-state index contributed by atoms with van der Waals surface area (Å²) in [5.74, 6) is -0.445. The van der Waals surface area contributed by atoms with Crippen LogP contribution in [-0.2, 0) is 9.53 Å². The van der Waals surface area contributed by atoms with Crippen molar-refractivity contribution in [1.82, 2.24) is 0 Å². The maximum Gasteiger partial charge on any atom is 0.330 e. The Morgan fingerprint density at radius 2 is 2.13 bits per heavy atom. The predicted molar refractivity (Wildman–Crippen MR) is 58.1 cm³/mol. The van der Waals surface area contributed by atoms with Gasteiger partial charge in [0, 0.05) is 6.08 Å². The van der Waals surface area contributed by atoms with Crippen molar-refractivity contribution in [3.05, 3.63) is 42.0 Å². The second-order valence-corrected chi connectivity index (χ2v) is 3.22. The maximum absolute atomic E-state index is 11.1. The van der Waals surface area contributed by atoms with E-state index >= 15 is 0 Å². The molecule has 1 unspecified atom stereocenters. The van der Waals surface area contributed by atoms with Crippen LogP contribution in [0.2, 0.25) is 0 Å². The van der Waals surface area contributed by atoms with Crippen LogP contribution in [0.3, 0.4) is 0 Å². The summed E-state index contributed by atoms with van der Waals surface area (Å²) in [6, 6.07) is 9.46. The highest BCUT2D eigenvalue weighted by Gasteiger charge is 1.99. The third-order valence-corrected chi connectivity index (χ3v) is 1.68. The van der Waals surface area contributed by atoms with Crippen LogP contribution in [0.15, 0.2) is 36.4 Å². The van der Waals surface area contributed by atoms with Crippen LogP contribution in [0.25, 0.3) is 6.08 Å². The van der Waals surface area contributed by atoms with Crippen LogP contribution < -0.4 is 0 Å². The Kier molecular flexibility index (Phi) is 4.57. The number of hydrogen-bond acceptors (Lipinski definition) is 3. The van der Waals surface area contributed by atoms with E-state index in [1.807, 2.05) is 30.3 Å². The van der Waals surface area contributed by atoms with Gasteiger partial charge in [-0.1, -0.05) is 30.3 Å². The molecule has 1 aromatic carbocycles. The van der Waals surface area contributed by atoms with Gasteiger partial charge in [-0.15, -0.1) is 0 Å². The smallest absolute Gasteiger partial charge is 0.330 e. The molecule has 1 N–H and O–H groups in total. The third-order valence-electron chi connectivity index (χ3n) is 1.68. The fourth-order valence-electron chi connectivity index (χ4n) is 0.979. The first-order chi connectivity index (χ1) is 7.18. The largest absolute Gasteiger partial charge is 0.460 e. The van der Waals surface area contributed by atoms with Gasteiger partial charge in [0.15, 0.2) is 0 Å². The van der Waals surface area contributed by atoms with Gasteiger partial charge in [0.1, 0.15) is 6.61 Å². The Labute approximate surface area is 89.0 Å². The molecule has 0 aliphatic heterocycles. The highest BCUT2D eigenvalue weighted by molar-refractivity contribution is 5.87. The lowest BCUT2D eigenvalue weighted by molar-refractivity contribution is -0.140. The summed E-state index contributed by atoms with van der Waals surface area (Å²) in [4.78, 5) is 11.1. The molecule has 0 aliphatic carbocycles. The monoisotopic (exact) mass is 206 g/mol. The van der Waals surface area contributed by atoms with Gasteiger partial charge < -0.3 is 9.84 Å². The van der Waals surface area contributed by atoms with E-state index in [4.69, 9.17) is 9.84 Å². The van der Waals surface area contributed by atoms with Crippen molar-refractivity contribution in [3.8, 4) is 0 Å². The number of rotatable bonds is 4. The molecule has 1 atom stereocenters. The molecule has 0 amide bonds. The van der Waals surface area contributed by atoms with Crippen LogP contribution in [0.1, 0.15) is 12.5 Å². The van der Waals surface area contributed by atoms with Crippen molar-refractivity contribution in [2.45, 2.75) is 13.0 Å². The van der Waals surface area contributed by atoms with Crippen LogP contribution in [0.4, 0.5) is 0 Å². The Hall–Kier alpha value is -1.61. The van der Waals surface area contributed by atoms with Crippen molar-refractivity contribution < 1.29 is 14.6 Å². The van der Waals surface area contributed by atoms with Crippen molar-refractivity contribution in [3.63, 3.8) is 0 Å². The number of hydrogen-bond donors (Lipinski definition) is 1. The number of aliphatic hydroxyl groups is 1. The Morgan fingerprint density at radius 1 is 1.47 bits per heavy atom. The zero-order valence-corrected chi connectivity index (χ0v) is 8.59. The van der Waals surface area contributed by atoms with Gasteiger partial charge in [0.05, 0.1) is 6.10 Å². The minimum atomic E-state index is -0.626. The molecule has 0 heterocycles. The average molecular weight is 206 g/mol. The molecule has 0 spiro atoms. The molecule has 0 aliphatic rings. The third kappa shape index (κ3) is 4.98. The van der Waals surface area contributed by atoms with Crippen LogP contribution in [0.5, 0.6) is 0 Å². The van der Waals surface area contributed by atoms with E-state index in [2.05, 4.69) is 0 Å². The number of aliphatic hydroxyl groups excluding tert-OH is 1. The van der Waals surface area contributed by atoms with Crippen molar-refractivity contribution >= 4 is 12.0 Å². The Bertz CT molecular complexity index is 328. The highest BCUT2D eigenvalue weighted by atomic mass is 16.5. The highest BCUT2D eigenvalue weighted by Crippen LogP contribution is 2.01. The lowest BCUT2D eigenvalue weighted by atomic mass is 10.2. The van der Waals surface area contributed by atoms with Crippen molar-refractivity contribution in [1.29, 1.82) is 0 Å². The van der Waals surface area contributed by atoms with Crippen LogP contribution in [-0.4, -0.2) is 23.8 Å². The molecule has 0 saturated carbocycles. The minimum Gasteiger partial charge on any atom is -0.460 e. The van der Waals surface area contributed by atoms with E-state index < -0.39 is 12.1 Å². The molecule has 0 radical (unpaired) electrons. The van der Waals surface area contributed by atoms with E-state index in [9.17, 15) is 4.79 Å². The molecule has 15 heavy (non-hydrogen) atoms. The molecule has 0 fully saturated rings. The van der Waals surface area contributed by atoms with E-state index in [1.165, 1.54) is 6.08 Å². The van der Waals surface area contributed by atoms with E-state index in [1.54, 1.807) is 13.0 Å². The van der Waals surface area contributed by atoms with Crippen molar-refractivity contribution in [2.75, 3.05) is 6.61 Å². The summed E-state index contributed by atoms with van der Waals surface area (Å²) in [6.45, 7) is 1.59. The predicted octanol–water partition coefficient (Wildman–Crippen LogP) is 1.62. The van der Waals surface area contributed by atoms with Crippen LogP contribution >= 0.6 is 0 Å². The van der Waals surface area contributed by atoms with Gasteiger partial charge in [0.2, 0.25) is 0 Å². The molecule has 80 valence electrons. The first-order valence-corrected chi connectivity index (χ1v) is 4.76. The van der Waals surface area contributed by atoms with Gasteiger partial charge >= 0.3 is 5.97 Å². The first-order valence-electron chi connectivity index (χ1n) is 4.76. The second-order valence-electron chi connectivity index (χ2n) is 3.22. The normalized spacial score (nSPS) is 12.7. The molecule has 0 saturated heterocycles. The molecule has 1 aromatic rings. The fraction of sp³-hybridized carbons (Fsp3) is 0.250. The lowest BCUT2D eigenvalue weighted by Gasteiger charge is -2.03. The molecular weight excluding hydrogens is 192 g/mol. The fourth-order valence-corrected chi connectivity index (χ4v) is 0.979. The quantitative estimate of drug-likeness (QED) is 0.601. The number of ether oxygens (including phenoxy) is 1. The van der Waals surface area contributed by atoms with Gasteiger partial charge in [-0.3, -0.25) is 0 Å².